The number of aromatic amines is 1. The van der Waals surface area contributed by atoms with E-state index in [1.807, 2.05) is 26.8 Å². The lowest BCUT2D eigenvalue weighted by atomic mass is 9.91. The Labute approximate surface area is 123 Å². The number of fused-ring (bicyclic) bond motifs is 1. The van der Waals surface area contributed by atoms with E-state index in [4.69, 9.17) is 4.42 Å². The molecule has 0 radical (unpaired) electrons. The molecule has 0 spiro atoms. The number of hydrogen-bond donors (Lipinski definition) is 1. The second kappa shape index (κ2) is 4.81. The molecule has 2 aromatic rings. The first kappa shape index (κ1) is 14.0. The van der Waals surface area contributed by atoms with Crippen LogP contribution in [0.15, 0.2) is 21.3 Å². The number of hydrogen-bond acceptors (Lipinski definition) is 5. The normalized spacial score (nSPS) is 22.4. The largest absolute Gasteiger partial charge is 0.755 e. The first-order valence-electron chi connectivity index (χ1n) is 6.46. The lowest BCUT2D eigenvalue weighted by Gasteiger charge is -2.27. The van der Waals surface area contributed by atoms with Crippen LogP contribution in [-0.2, 0) is 11.3 Å². The number of anilines is 1. The molecule has 2 heterocycles. The van der Waals surface area contributed by atoms with E-state index in [2.05, 4.69) is 10.2 Å². The molecule has 0 saturated heterocycles. The first-order chi connectivity index (χ1) is 9.91. The zero-order valence-electron chi connectivity index (χ0n) is 11.7. The summed E-state index contributed by atoms with van der Waals surface area (Å²) >= 11 is -2.49. The molecule has 0 fully saturated rings. The van der Waals surface area contributed by atoms with Crippen LogP contribution in [0.2, 0.25) is 0 Å². The van der Waals surface area contributed by atoms with Crippen molar-refractivity contribution in [1.29, 1.82) is 0 Å². The number of rotatable bonds is 2. The maximum atomic E-state index is 11.7. The molecule has 1 aliphatic heterocycles. The molecule has 3 unspecified atom stereocenters. The van der Waals surface area contributed by atoms with Gasteiger partial charge in [0.25, 0.3) is 0 Å². The van der Waals surface area contributed by atoms with Crippen molar-refractivity contribution < 1.29 is 13.2 Å². The Kier molecular flexibility index (Phi) is 3.22. The van der Waals surface area contributed by atoms with Gasteiger partial charge < -0.3 is 8.97 Å². The molecule has 0 saturated carbocycles. The number of H-pyrrole nitrogens is 1. The van der Waals surface area contributed by atoms with Gasteiger partial charge in [0.15, 0.2) is 0 Å². The zero-order valence-corrected chi connectivity index (χ0v) is 12.6. The maximum Gasteiger partial charge on any atom is 0.434 e. The third-order valence-corrected chi connectivity index (χ3v) is 4.79. The number of aromatic nitrogens is 2. The monoisotopic (exact) mass is 308 g/mol. The summed E-state index contributed by atoms with van der Waals surface area (Å²) < 4.78 is 29.5. The average Bonchev–Trinajstić information content (AvgIpc) is 2.96. The second-order valence-corrected chi connectivity index (χ2v) is 6.00. The third-order valence-electron chi connectivity index (χ3n) is 4.05. The smallest absolute Gasteiger partial charge is 0.434 e. The molecule has 1 aliphatic rings. The van der Waals surface area contributed by atoms with Gasteiger partial charge in [-0.15, -0.1) is 5.10 Å². The van der Waals surface area contributed by atoms with Crippen LogP contribution >= 0.6 is 0 Å². The summed E-state index contributed by atoms with van der Waals surface area (Å²) in [4.78, 5) is 11.2. The Balaban J connectivity index is 2.22. The van der Waals surface area contributed by atoms with Crippen LogP contribution in [0, 0.1) is 13.8 Å². The Morgan fingerprint density at radius 1 is 1.43 bits per heavy atom. The summed E-state index contributed by atoms with van der Waals surface area (Å²) in [7, 11) is 0. The highest BCUT2D eigenvalue weighted by molar-refractivity contribution is 7.80. The van der Waals surface area contributed by atoms with E-state index in [-0.39, 0.29) is 11.8 Å². The predicted octanol–water partition coefficient (Wildman–Crippen LogP) is 1.44. The lowest BCUT2D eigenvalue weighted by Crippen LogP contribution is -2.28. The molecule has 112 valence electrons. The minimum absolute atomic E-state index is 0.0740. The van der Waals surface area contributed by atoms with Gasteiger partial charge in [-0.1, -0.05) is 13.0 Å². The van der Waals surface area contributed by atoms with Crippen molar-refractivity contribution in [2.75, 3.05) is 4.31 Å². The highest BCUT2D eigenvalue weighted by Gasteiger charge is 2.42. The molecule has 1 aromatic heterocycles. The predicted molar refractivity (Wildman–Crippen MR) is 75.6 cm³/mol. The van der Waals surface area contributed by atoms with Crippen LogP contribution in [0.25, 0.3) is 0 Å². The quantitative estimate of drug-likeness (QED) is 0.846. The molecule has 21 heavy (non-hydrogen) atoms. The van der Waals surface area contributed by atoms with Crippen molar-refractivity contribution in [3.8, 4) is 0 Å². The molecule has 8 heteroatoms. The average molecular weight is 308 g/mol. The molecule has 1 N–H and O–H groups in total. The summed E-state index contributed by atoms with van der Waals surface area (Å²) in [5, 5.41) is 5.98. The van der Waals surface area contributed by atoms with Crippen molar-refractivity contribution >= 4 is 17.0 Å². The van der Waals surface area contributed by atoms with E-state index < -0.39 is 23.1 Å². The second-order valence-electron chi connectivity index (χ2n) is 5.17. The van der Waals surface area contributed by atoms with Crippen molar-refractivity contribution in [3.63, 3.8) is 0 Å². The Morgan fingerprint density at radius 3 is 2.71 bits per heavy atom. The number of nitrogens with one attached hydrogen (secondary N) is 1. The fourth-order valence-corrected chi connectivity index (χ4v) is 3.73. The molecule has 3 rings (SSSR count). The minimum Gasteiger partial charge on any atom is -0.755 e. The Morgan fingerprint density at radius 2 is 2.14 bits per heavy atom. The molecule has 0 aliphatic carbocycles. The van der Waals surface area contributed by atoms with Crippen LogP contribution < -0.4 is 10.1 Å². The fraction of sp³-hybridized carbons (Fsp3) is 0.385. The highest BCUT2D eigenvalue weighted by Crippen LogP contribution is 2.50. The van der Waals surface area contributed by atoms with Crippen LogP contribution in [0.5, 0.6) is 0 Å². The van der Waals surface area contributed by atoms with Gasteiger partial charge >= 0.3 is 5.76 Å². The molecular weight excluding hydrogens is 294 g/mol. The molecule has 0 amide bonds. The minimum atomic E-state index is -2.49. The highest BCUT2D eigenvalue weighted by atomic mass is 32.2. The lowest BCUT2D eigenvalue weighted by molar-refractivity contribution is 0.408. The SMILES string of the molecule is Cc1ccc2c(c1C)C(C)C(c1n[nH]c(=O)o1)N2S(=O)[O-]. The number of aryl methyl sites for hydroxylation is 1. The standard InChI is InChI=1S/C13H15N3O4S/c1-6-4-5-9-10(7(6)2)8(3)11(16(9)21(18)19)12-14-15-13(17)20-12/h4-5,8,11H,1-3H3,(H,15,17)(H,18,19)/p-1. The van der Waals surface area contributed by atoms with E-state index in [1.165, 1.54) is 4.31 Å². The van der Waals surface area contributed by atoms with Crippen molar-refractivity contribution in [3.05, 3.63) is 45.3 Å². The molecular formula is C13H14N3O4S-. The first-order valence-corrected chi connectivity index (χ1v) is 7.49. The van der Waals surface area contributed by atoms with Gasteiger partial charge in [0.05, 0.1) is 5.69 Å². The van der Waals surface area contributed by atoms with Crippen LogP contribution in [0.4, 0.5) is 5.69 Å². The van der Waals surface area contributed by atoms with E-state index in [0.29, 0.717) is 5.69 Å². The van der Waals surface area contributed by atoms with E-state index in [9.17, 15) is 13.6 Å². The fourth-order valence-electron chi connectivity index (χ4n) is 2.96. The van der Waals surface area contributed by atoms with Gasteiger partial charge in [-0.2, -0.15) is 0 Å². The van der Waals surface area contributed by atoms with Gasteiger partial charge in [0.2, 0.25) is 5.89 Å². The van der Waals surface area contributed by atoms with Gasteiger partial charge in [0.1, 0.15) is 6.04 Å². The topological polar surface area (TPSA) is 102 Å². The summed E-state index contributed by atoms with van der Waals surface area (Å²) in [6.07, 6.45) is 0. The third kappa shape index (κ3) is 2.02. The molecule has 1 aromatic carbocycles. The van der Waals surface area contributed by atoms with Crippen molar-refractivity contribution in [1.82, 2.24) is 10.2 Å². The zero-order chi connectivity index (χ0) is 15.3. The van der Waals surface area contributed by atoms with Crippen molar-refractivity contribution in [2.45, 2.75) is 32.7 Å². The van der Waals surface area contributed by atoms with E-state index in [1.54, 1.807) is 6.07 Å². The summed E-state index contributed by atoms with van der Waals surface area (Å²) in [6, 6.07) is 3.00. The number of nitrogens with zero attached hydrogens (tertiary/aromatic N) is 2. The number of benzene rings is 1. The molecule has 3 atom stereocenters. The van der Waals surface area contributed by atoms with Gasteiger partial charge in [-0.3, -0.25) is 8.51 Å². The Hall–Kier alpha value is -1.93. The maximum absolute atomic E-state index is 11.7. The summed E-state index contributed by atoms with van der Waals surface area (Å²) in [6.45, 7) is 5.83. The van der Waals surface area contributed by atoms with Gasteiger partial charge in [-0.05, 0) is 36.6 Å². The van der Waals surface area contributed by atoms with Crippen LogP contribution in [0.3, 0.4) is 0 Å². The van der Waals surface area contributed by atoms with Crippen molar-refractivity contribution in [2.24, 2.45) is 0 Å². The Bertz CT molecular complexity index is 782. The molecule has 0 bridgehead atoms. The summed E-state index contributed by atoms with van der Waals surface area (Å²) in [5.41, 5.74) is 3.67. The van der Waals surface area contributed by atoms with E-state index >= 15 is 0 Å². The summed E-state index contributed by atoms with van der Waals surface area (Å²) in [5.74, 6) is -0.785. The van der Waals surface area contributed by atoms with E-state index in [0.717, 1.165) is 16.7 Å². The molecule has 7 nitrogen and oxygen atoms in total. The van der Waals surface area contributed by atoms with Crippen LogP contribution in [0.1, 0.15) is 41.5 Å². The van der Waals surface area contributed by atoms with Gasteiger partial charge in [-0.25, -0.2) is 9.89 Å². The van der Waals surface area contributed by atoms with Gasteiger partial charge in [0, 0.05) is 17.2 Å². The van der Waals surface area contributed by atoms with Crippen LogP contribution in [-0.4, -0.2) is 19.0 Å².